The van der Waals surface area contributed by atoms with Crippen LogP contribution in [0.4, 0.5) is 11.4 Å². The van der Waals surface area contributed by atoms with Crippen LogP contribution in [0.2, 0.25) is 5.02 Å². The summed E-state index contributed by atoms with van der Waals surface area (Å²) in [5.41, 5.74) is 3.76. The van der Waals surface area contributed by atoms with Crippen LogP contribution in [-0.2, 0) is 9.59 Å². The second-order valence-electron chi connectivity index (χ2n) is 8.95. The van der Waals surface area contributed by atoms with Crippen molar-refractivity contribution >= 4 is 40.4 Å². The number of amides is 2. The van der Waals surface area contributed by atoms with Gasteiger partial charge in [0.05, 0.1) is 16.8 Å². The van der Waals surface area contributed by atoms with Crippen molar-refractivity contribution < 1.29 is 14.5 Å². The Kier molecular flexibility index (Phi) is 4.93. The van der Waals surface area contributed by atoms with Crippen molar-refractivity contribution in [2.75, 3.05) is 4.90 Å². The molecule has 7 heteroatoms. The highest BCUT2D eigenvalue weighted by atomic mass is 35.5. The average molecular weight is 483 g/mol. The SMILES string of the molecule is O=C1[C@@H]2[C@H](C(=O)N1c1ccc(Cl)cc1[N+](=O)[O-])[C@H]1C=C[C@H]2C1=C(c1ccccc1)c1ccccc1. The Morgan fingerprint density at radius 3 is 1.80 bits per heavy atom. The first kappa shape index (κ1) is 21.5. The van der Waals surface area contributed by atoms with Crippen molar-refractivity contribution in [3.8, 4) is 0 Å². The van der Waals surface area contributed by atoms with E-state index in [1.165, 1.54) is 18.2 Å². The Bertz CT molecular complexity index is 1370. The van der Waals surface area contributed by atoms with Gasteiger partial charge in [-0.25, -0.2) is 4.90 Å². The van der Waals surface area contributed by atoms with Crippen LogP contribution in [0.15, 0.2) is 96.6 Å². The summed E-state index contributed by atoms with van der Waals surface area (Å²) >= 11 is 5.95. The van der Waals surface area contributed by atoms with E-state index in [1.54, 1.807) is 0 Å². The zero-order valence-electron chi connectivity index (χ0n) is 18.4. The fourth-order valence-corrected chi connectivity index (χ4v) is 6.04. The Morgan fingerprint density at radius 1 is 0.800 bits per heavy atom. The Hall–Kier alpha value is -4.03. The highest BCUT2D eigenvalue weighted by molar-refractivity contribution is 6.31. The number of carbonyl (C=O) groups excluding carboxylic acids is 2. The van der Waals surface area contributed by atoms with Gasteiger partial charge < -0.3 is 0 Å². The standard InChI is InChI=1S/C28H19ClN2O4/c29-18-11-14-21(22(15-18)31(34)35)30-27(32)25-19-12-13-20(26(25)28(30)33)24(19)23(16-7-3-1-4-8-16)17-9-5-2-6-10-17/h1-15,19-20,25-26H/t19-,20-,25-,26+/m0/s1. The number of halogens is 1. The normalized spacial score (nSPS) is 24.3. The first-order chi connectivity index (χ1) is 17.0. The molecular weight excluding hydrogens is 464 g/mol. The zero-order chi connectivity index (χ0) is 24.3. The van der Waals surface area contributed by atoms with Crippen LogP contribution in [0.25, 0.3) is 5.57 Å². The van der Waals surface area contributed by atoms with E-state index in [0.29, 0.717) is 0 Å². The van der Waals surface area contributed by atoms with E-state index >= 15 is 0 Å². The van der Waals surface area contributed by atoms with Gasteiger partial charge in [0, 0.05) is 22.9 Å². The summed E-state index contributed by atoms with van der Waals surface area (Å²) < 4.78 is 0. The molecule has 0 spiro atoms. The van der Waals surface area contributed by atoms with E-state index in [2.05, 4.69) is 0 Å². The molecule has 6 rings (SSSR count). The van der Waals surface area contributed by atoms with Gasteiger partial charge in [-0.2, -0.15) is 0 Å². The first-order valence-corrected chi connectivity index (χ1v) is 11.7. The number of imide groups is 1. The summed E-state index contributed by atoms with van der Waals surface area (Å²) in [4.78, 5) is 39.4. The van der Waals surface area contributed by atoms with Crippen molar-refractivity contribution in [3.05, 3.63) is 123 Å². The third-order valence-corrected chi connectivity index (χ3v) is 7.44. The van der Waals surface area contributed by atoms with Gasteiger partial charge in [-0.3, -0.25) is 19.7 Å². The molecule has 172 valence electrons. The maximum atomic E-state index is 13.7. The lowest BCUT2D eigenvalue weighted by Gasteiger charge is -2.21. The Morgan fingerprint density at radius 2 is 1.31 bits per heavy atom. The molecule has 0 aromatic heterocycles. The third-order valence-electron chi connectivity index (χ3n) is 7.20. The number of nitro benzene ring substituents is 1. The van der Waals surface area contributed by atoms with Gasteiger partial charge in [-0.05, 0) is 34.4 Å². The lowest BCUT2D eigenvalue weighted by molar-refractivity contribution is -0.384. The maximum absolute atomic E-state index is 13.7. The molecule has 3 aliphatic rings. The number of nitro groups is 1. The van der Waals surface area contributed by atoms with Gasteiger partial charge in [0.25, 0.3) is 5.69 Å². The fourth-order valence-electron chi connectivity index (χ4n) is 5.88. The number of nitrogens with zero attached hydrogens (tertiary/aromatic N) is 2. The molecule has 1 saturated carbocycles. The molecule has 2 bridgehead atoms. The monoisotopic (exact) mass is 482 g/mol. The van der Waals surface area contributed by atoms with Gasteiger partial charge in [-0.1, -0.05) is 84.4 Å². The van der Waals surface area contributed by atoms with Crippen LogP contribution in [0.1, 0.15) is 11.1 Å². The minimum atomic E-state index is -0.614. The summed E-state index contributed by atoms with van der Waals surface area (Å²) in [6, 6.07) is 24.0. The molecule has 35 heavy (non-hydrogen) atoms. The molecular formula is C28H19ClN2O4. The molecule has 1 heterocycles. The van der Waals surface area contributed by atoms with E-state index < -0.39 is 28.6 Å². The van der Waals surface area contributed by atoms with E-state index in [9.17, 15) is 19.7 Å². The lowest BCUT2D eigenvalue weighted by Crippen LogP contribution is -2.33. The van der Waals surface area contributed by atoms with Crippen molar-refractivity contribution in [1.29, 1.82) is 0 Å². The third kappa shape index (κ3) is 3.17. The van der Waals surface area contributed by atoms with Gasteiger partial charge in [0.1, 0.15) is 5.69 Å². The molecule has 2 fully saturated rings. The fraction of sp³-hybridized carbons (Fsp3) is 0.143. The highest BCUT2D eigenvalue weighted by Gasteiger charge is 2.63. The molecule has 4 atom stereocenters. The molecule has 2 aliphatic carbocycles. The van der Waals surface area contributed by atoms with Crippen molar-refractivity contribution in [2.45, 2.75) is 0 Å². The Balaban J connectivity index is 1.49. The minimum Gasteiger partial charge on any atom is -0.274 e. The number of carbonyl (C=O) groups is 2. The predicted octanol–water partition coefficient (Wildman–Crippen LogP) is 5.67. The number of benzene rings is 3. The largest absolute Gasteiger partial charge is 0.294 e. The van der Waals surface area contributed by atoms with Crippen LogP contribution in [-0.4, -0.2) is 16.7 Å². The summed E-state index contributed by atoms with van der Waals surface area (Å²) in [7, 11) is 0. The quantitative estimate of drug-likeness (QED) is 0.207. The second kappa shape index (κ2) is 8.03. The van der Waals surface area contributed by atoms with Crippen LogP contribution in [0.5, 0.6) is 0 Å². The number of anilines is 1. The number of hydrogen-bond donors (Lipinski definition) is 0. The second-order valence-corrected chi connectivity index (χ2v) is 9.39. The molecule has 6 nitrogen and oxygen atoms in total. The van der Waals surface area contributed by atoms with E-state index in [4.69, 9.17) is 11.6 Å². The molecule has 1 aliphatic heterocycles. The Labute approximate surface area is 206 Å². The van der Waals surface area contributed by atoms with Crippen LogP contribution in [0.3, 0.4) is 0 Å². The van der Waals surface area contributed by atoms with Gasteiger partial charge in [0.2, 0.25) is 11.8 Å². The van der Waals surface area contributed by atoms with Crippen molar-refractivity contribution in [3.63, 3.8) is 0 Å². The molecule has 0 unspecified atom stereocenters. The summed E-state index contributed by atoms with van der Waals surface area (Å²) in [5.74, 6) is -2.50. The van der Waals surface area contributed by atoms with Crippen LogP contribution in [0, 0.1) is 33.8 Å². The number of allylic oxidation sites excluding steroid dienone is 3. The molecule has 3 aromatic rings. The molecule has 3 aromatic carbocycles. The van der Waals surface area contributed by atoms with E-state index in [0.717, 1.165) is 27.2 Å². The topological polar surface area (TPSA) is 80.5 Å². The number of hydrogen-bond acceptors (Lipinski definition) is 4. The number of rotatable bonds is 4. The molecule has 1 saturated heterocycles. The lowest BCUT2D eigenvalue weighted by atomic mass is 9.85. The van der Waals surface area contributed by atoms with E-state index in [1.807, 2.05) is 72.8 Å². The van der Waals surface area contributed by atoms with Crippen molar-refractivity contribution in [2.24, 2.45) is 23.7 Å². The molecule has 0 radical (unpaired) electrons. The van der Waals surface area contributed by atoms with Gasteiger partial charge in [-0.15, -0.1) is 0 Å². The zero-order valence-corrected chi connectivity index (χ0v) is 19.1. The predicted molar refractivity (Wildman–Crippen MR) is 133 cm³/mol. The summed E-state index contributed by atoms with van der Waals surface area (Å²) in [6.07, 6.45) is 4.02. The highest BCUT2D eigenvalue weighted by Crippen LogP contribution is 2.59. The summed E-state index contributed by atoms with van der Waals surface area (Å²) in [6.45, 7) is 0. The smallest absolute Gasteiger partial charge is 0.274 e. The maximum Gasteiger partial charge on any atom is 0.294 e. The summed E-state index contributed by atoms with van der Waals surface area (Å²) in [5, 5.41) is 11.8. The minimum absolute atomic E-state index is 0.0277. The van der Waals surface area contributed by atoms with Gasteiger partial charge >= 0.3 is 0 Å². The number of fused-ring (bicyclic) bond motifs is 5. The molecule has 2 amide bonds. The first-order valence-electron chi connectivity index (χ1n) is 11.3. The van der Waals surface area contributed by atoms with Crippen LogP contribution < -0.4 is 4.90 Å². The average Bonchev–Trinajstić information content (AvgIpc) is 3.50. The van der Waals surface area contributed by atoms with Gasteiger partial charge in [0.15, 0.2) is 0 Å². The van der Waals surface area contributed by atoms with Crippen molar-refractivity contribution in [1.82, 2.24) is 0 Å². The molecule has 0 N–H and O–H groups in total. The van der Waals surface area contributed by atoms with Crippen LogP contribution >= 0.6 is 11.6 Å². The van der Waals surface area contributed by atoms with E-state index in [-0.39, 0.29) is 28.2 Å².